The van der Waals surface area contributed by atoms with Crippen molar-refractivity contribution in [1.82, 2.24) is 25.1 Å². The monoisotopic (exact) mass is 313 g/mol. The second kappa shape index (κ2) is 6.48. The fourth-order valence-electron chi connectivity index (χ4n) is 1.98. The van der Waals surface area contributed by atoms with Gasteiger partial charge in [0.2, 0.25) is 5.91 Å². The van der Waals surface area contributed by atoms with Gasteiger partial charge >= 0.3 is 0 Å². The number of nitrogens with zero attached hydrogens (tertiary/aromatic N) is 4. The van der Waals surface area contributed by atoms with Crippen molar-refractivity contribution in [2.75, 3.05) is 0 Å². The zero-order chi connectivity index (χ0) is 15.4. The molecule has 3 rings (SSSR count). The number of hydrogen-bond acceptors (Lipinski definition) is 5. The molecule has 0 spiro atoms. The van der Waals surface area contributed by atoms with Crippen LogP contribution in [0.15, 0.2) is 43.0 Å². The zero-order valence-corrected chi connectivity index (χ0v) is 12.9. The van der Waals surface area contributed by atoms with E-state index in [0.29, 0.717) is 6.54 Å². The zero-order valence-electron chi connectivity index (χ0n) is 12.1. The number of aryl methyl sites for hydroxylation is 1. The van der Waals surface area contributed by atoms with Gasteiger partial charge in [0.15, 0.2) is 0 Å². The first kappa shape index (κ1) is 14.4. The molecule has 0 radical (unpaired) electrons. The molecule has 0 aliphatic rings. The Hall–Kier alpha value is -2.54. The number of carbonyl (C=O) groups is 1. The van der Waals surface area contributed by atoms with Crippen LogP contribution in [0.5, 0.6) is 0 Å². The third-order valence-corrected chi connectivity index (χ3v) is 4.32. The molecule has 112 valence electrons. The van der Waals surface area contributed by atoms with Crippen molar-refractivity contribution in [3.8, 4) is 10.6 Å². The van der Waals surface area contributed by atoms with Gasteiger partial charge in [0.1, 0.15) is 11.6 Å². The summed E-state index contributed by atoms with van der Waals surface area (Å²) in [6.45, 7) is 2.65. The number of thiazole rings is 1. The van der Waals surface area contributed by atoms with Crippen LogP contribution in [-0.2, 0) is 17.9 Å². The van der Waals surface area contributed by atoms with Crippen molar-refractivity contribution in [3.63, 3.8) is 0 Å². The van der Waals surface area contributed by atoms with Crippen LogP contribution in [0.2, 0.25) is 0 Å². The summed E-state index contributed by atoms with van der Waals surface area (Å²) in [5, 5.41) is 7.83. The molecule has 3 heterocycles. The summed E-state index contributed by atoms with van der Waals surface area (Å²) in [7, 11) is 0. The number of nitrogens with one attached hydrogen (secondary N) is 1. The number of amides is 1. The Labute approximate surface area is 131 Å². The number of aromatic nitrogens is 4. The maximum atomic E-state index is 11.9. The molecule has 0 saturated heterocycles. The fourth-order valence-corrected chi connectivity index (χ4v) is 2.97. The highest BCUT2D eigenvalue weighted by Gasteiger charge is 2.11. The molecule has 0 aromatic carbocycles. The minimum absolute atomic E-state index is 0.0700. The maximum Gasteiger partial charge on any atom is 0.242 e. The van der Waals surface area contributed by atoms with Gasteiger partial charge in [0.25, 0.3) is 0 Å². The minimum atomic E-state index is -0.0700. The third kappa shape index (κ3) is 3.37. The molecule has 0 fully saturated rings. The molecule has 1 amide bonds. The number of rotatable bonds is 5. The van der Waals surface area contributed by atoms with Gasteiger partial charge in [-0.1, -0.05) is 0 Å². The molecule has 6 nitrogen and oxygen atoms in total. The quantitative estimate of drug-likeness (QED) is 0.782. The van der Waals surface area contributed by atoms with Crippen molar-refractivity contribution in [3.05, 3.63) is 53.6 Å². The summed E-state index contributed by atoms with van der Waals surface area (Å²) in [5.41, 5.74) is 1.92. The first-order valence-electron chi connectivity index (χ1n) is 6.83. The largest absolute Gasteiger partial charge is 0.350 e. The molecule has 3 aromatic heterocycles. The number of hydrogen-bond donors (Lipinski definition) is 1. The van der Waals surface area contributed by atoms with Gasteiger partial charge in [0.05, 0.1) is 12.2 Å². The van der Waals surface area contributed by atoms with Gasteiger partial charge in [-0.2, -0.15) is 5.10 Å². The molecule has 3 aromatic rings. The first-order valence-corrected chi connectivity index (χ1v) is 7.65. The van der Waals surface area contributed by atoms with Crippen molar-refractivity contribution in [1.29, 1.82) is 0 Å². The van der Waals surface area contributed by atoms with E-state index in [2.05, 4.69) is 20.4 Å². The van der Waals surface area contributed by atoms with Crippen molar-refractivity contribution in [2.24, 2.45) is 0 Å². The van der Waals surface area contributed by atoms with Crippen LogP contribution in [0.4, 0.5) is 0 Å². The minimum Gasteiger partial charge on any atom is -0.350 e. The first-order chi connectivity index (χ1) is 10.7. The summed E-state index contributed by atoms with van der Waals surface area (Å²) in [4.78, 5) is 21.6. The van der Waals surface area contributed by atoms with E-state index in [1.54, 1.807) is 46.9 Å². The Balaban J connectivity index is 1.63. The Morgan fingerprint density at radius 2 is 2.27 bits per heavy atom. The van der Waals surface area contributed by atoms with Crippen LogP contribution in [-0.4, -0.2) is 25.7 Å². The van der Waals surface area contributed by atoms with Gasteiger partial charge in [-0.05, 0) is 25.1 Å². The smallest absolute Gasteiger partial charge is 0.242 e. The lowest BCUT2D eigenvalue weighted by Gasteiger charge is -2.04. The topological polar surface area (TPSA) is 72.7 Å². The van der Waals surface area contributed by atoms with E-state index in [0.717, 1.165) is 21.1 Å². The maximum absolute atomic E-state index is 11.9. The summed E-state index contributed by atoms with van der Waals surface area (Å²) in [5.74, 6) is -0.0700. The van der Waals surface area contributed by atoms with E-state index in [9.17, 15) is 4.79 Å². The average Bonchev–Trinajstić information content (AvgIpc) is 3.16. The van der Waals surface area contributed by atoms with Crippen LogP contribution >= 0.6 is 11.3 Å². The lowest BCUT2D eigenvalue weighted by molar-refractivity contribution is -0.122. The molecule has 0 aliphatic carbocycles. The fraction of sp³-hybridized carbons (Fsp3) is 0.200. The van der Waals surface area contributed by atoms with E-state index in [1.165, 1.54) is 0 Å². The van der Waals surface area contributed by atoms with E-state index in [-0.39, 0.29) is 12.5 Å². The molecule has 1 N–H and O–H groups in total. The average molecular weight is 313 g/mol. The highest BCUT2D eigenvalue weighted by Crippen LogP contribution is 2.27. The Bertz CT molecular complexity index is 752. The molecule has 0 unspecified atom stereocenters. The molecule has 0 atom stereocenters. The van der Waals surface area contributed by atoms with Crippen molar-refractivity contribution >= 4 is 17.2 Å². The van der Waals surface area contributed by atoms with E-state index < -0.39 is 0 Å². The summed E-state index contributed by atoms with van der Waals surface area (Å²) in [6.07, 6.45) is 6.94. The normalized spacial score (nSPS) is 10.6. The lowest BCUT2D eigenvalue weighted by Crippen LogP contribution is -2.27. The van der Waals surface area contributed by atoms with E-state index >= 15 is 0 Å². The lowest BCUT2D eigenvalue weighted by atomic mass is 10.3. The van der Waals surface area contributed by atoms with Crippen LogP contribution in [0, 0.1) is 6.92 Å². The predicted octanol–water partition coefficient (Wildman–Crippen LogP) is 2.03. The molecular formula is C15H15N5OS. The molecule has 0 saturated carbocycles. The van der Waals surface area contributed by atoms with E-state index in [4.69, 9.17) is 0 Å². The van der Waals surface area contributed by atoms with Crippen LogP contribution in [0.1, 0.15) is 10.6 Å². The van der Waals surface area contributed by atoms with Gasteiger partial charge < -0.3 is 5.32 Å². The second-order valence-corrected chi connectivity index (χ2v) is 5.83. The van der Waals surface area contributed by atoms with Gasteiger partial charge in [-0.25, -0.2) is 4.98 Å². The molecular weight excluding hydrogens is 298 g/mol. The summed E-state index contributed by atoms with van der Waals surface area (Å²) < 4.78 is 1.59. The Kier molecular flexibility index (Phi) is 4.24. The van der Waals surface area contributed by atoms with Gasteiger partial charge in [-0.3, -0.25) is 14.5 Å². The van der Waals surface area contributed by atoms with E-state index in [1.807, 2.05) is 19.1 Å². The summed E-state index contributed by atoms with van der Waals surface area (Å²) in [6, 6.07) is 5.66. The SMILES string of the molecule is Cc1nc(-c2cccnc2)sc1CNC(=O)Cn1cccn1. The van der Waals surface area contributed by atoms with Crippen LogP contribution < -0.4 is 5.32 Å². The Morgan fingerprint density at radius 3 is 3.00 bits per heavy atom. The Morgan fingerprint density at radius 1 is 1.36 bits per heavy atom. The highest BCUT2D eigenvalue weighted by atomic mass is 32.1. The molecule has 7 heteroatoms. The third-order valence-electron chi connectivity index (χ3n) is 3.11. The number of carbonyl (C=O) groups excluding carboxylic acids is 1. The molecule has 22 heavy (non-hydrogen) atoms. The number of pyridine rings is 1. The summed E-state index contributed by atoms with van der Waals surface area (Å²) >= 11 is 1.57. The van der Waals surface area contributed by atoms with Gasteiger partial charge in [0, 0.05) is 35.2 Å². The van der Waals surface area contributed by atoms with Crippen molar-refractivity contribution in [2.45, 2.75) is 20.0 Å². The van der Waals surface area contributed by atoms with Crippen LogP contribution in [0.3, 0.4) is 0 Å². The highest BCUT2D eigenvalue weighted by molar-refractivity contribution is 7.15. The van der Waals surface area contributed by atoms with Gasteiger partial charge in [-0.15, -0.1) is 11.3 Å². The second-order valence-electron chi connectivity index (χ2n) is 4.75. The van der Waals surface area contributed by atoms with Crippen LogP contribution in [0.25, 0.3) is 10.6 Å². The predicted molar refractivity (Wildman–Crippen MR) is 84.2 cm³/mol. The molecule has 0 bridgehead atoms. The molecule has 0 aliphatic heterocycles. The van der Waals surface area contributed by atoms with Crippen molar-refractivity contribution < 1.29 is 4.79 Å². The standard InChI is InChI=1S/C15H15N5OS/c1-11-13(9-17-14(21)10-20-7-3-6-18-20)22-15(19-11)12-4-2-5-16-8-12/h2-8H,9-10H2,1H3,(H,17,21).